The first kappa shape index (κ1) is 15.1. The molecular formula is C19H13FN4O. The van der Waals surface area contributed by atoms with Gasteiger partial charge in [-0.25, -0.2) is 4.39 Å². The topological polar surface area (TPSA) is 85.6 Å². The number of halogens is 1. The maximum absolute atomic E-state index is 14.5. The number of aromatic nitrogens is 2. The van der Waals surface area contributed by atoms with Crippen LogP contribution < -0.4 is 4.74 Å². The van der Waals surface area contributed by atoms with Crippen molar-refractivity contribution in [3.05, 3.63) is 71.5 Å². The summed E-state index contributed by atoms with van der Waals surface area (Å²) >= 11 is 0. The van der Waals surface area contributed by atoms with Crippen LogP contribution in [0.25, 0.3) is 11.3 Å². The van der Waals surface area contributed by atoms with Gasteiger partial charge in [0.25, 0.3) is 0 Å². The second-order valence-electron chi connectivity index (χ2n) is 5.76. The molecule has 1 aromatic heterocycles. The van der Waals surface area contributed by atoms with Crippen molar-refractivity contribution < 1.29 is 9.13 Å². The Morgan fingerprint density at radius 2 is 1.84 bits per heavy atom. The van der Waals surface area contributed by atoms with Crippen LogP contribution in [-0.2, 0) is 0 Å². The molecule has 0 radical (unpaired) electrons. The largest absolute Gasteiger partial charge is 0.422 e. The summed E-state index contributed by atoms with van der Waals surface area (Å²) in [5.74, 6) is -2.03. The summed E-state index contributed by atoms with van der Waals surface area (Å²) < 4.78 is 19.9. The quantitative estimate of drug-likeness (QED) is 0.747. The lowest BCUT2D eigenvalue weighted by molar-refractivity contribution is 0.432. The second-order valence-corrected chi connectivity index (χ2v) is 5.76. The maximum Gasteiger partial charge on any atom is 0.244 e. The number of H-pyrrole nitrogens is 1. The van der Waals surface area contributed by atoms with E-state index >= 15 is 0 Å². The van der Waals surface area contributed by atoms with Crippen LogP contribution in [0.4, 0.5) is 4.39 Å². The van der Waals surface area contributed by atoms with Crippen molar-refractivity contribution >= 4 is 5.90 Å². The van der Waals surface area contributed by atoms with E-state index in [1.54, 1.807) is 18.2 Å². The number of rotatable bonds is 2. The minimum atomic E-state index is -0.926. The Kier molecular flexibility index (Phi) is 3.55. The molecule has 0 amide bonds. The molecule has 2 unspecified atom stereocenters. The van der Waals surface area contributed by atoms with Crippen molar-refractivity contribution in [2.45, 2.75) is 5.92 Å². The third kappa shape index (κ3) is 2.37. The predicted octanol–water partition coefficient (Wildman–Crippen LogP) is 3.86. The highest BCUT2D eigenvalue weighted by atomic mass is 19.1. The number of aromatic amines is 1. The van der Waals surface area contributed by atoms with E-state index in [-0.39, 0.29) is 11.8 Å². The number of nitrogens with one attached hydrogen (secondary N) is 2. The molecule has 0 aliphatic carbocycles. The maximum atomic E-state index is 14.5. The van der Waals surface area contributed by atoms with Gasteiger partial charge in [-0.1, -0.05) is 48.5 Å². The molecule has 0 bridgehead atoms. The van der Waals surface area contributed by atoms with Gasteiger partial charge < -0.3 is 4.74 Å². The fourth-order valence-corrected chi connectivity index (χ4v) is 3.21. The summed E-state index contributed by atoms with van der Waals surface area (Å²) in [5.41, 5.74) is 2.46. The average Bonchev–Trinajstić information content (AvgIpc) is 3.05. The Hall–Kier alpha value is -3.46. The normalized spacial score (nSPS) is 19.0. The fraction of sp³-hybridized carbons (Fsp3) is 0.105. The molecule has 0 fully saturated rings. The van der Waals surface area contributed by atoms with Gasteiger partial charge in [0, 0.05) is 5.92 Å². The van der Waals surface area contributed by atoms with E-state index < -0.39 is 17.7 Å². The van der Waals surface area contributed by atoms with E-state index in [0.29, 0.717) is 16.8 Å². The van der Waals surface area contributed by atoms with Crippen molar-refractivity contribution in [1.82, 2.24) is 10.2 Å². The minimum Gasteiger partial charge on any atom is -0.422 e. The number of nitriles is 1. The Labute approximate surface area is 143 Å². The zero-order chi connectivity index (χ0) is 17.4. The van der Waals surface area contributed by atoms with Gasteiger partial charge in [-0.2, -0.15) is 5.26 Å². The Bertz CT molecular complexity index is 990. The molecule has 6 heteroatoms. The highest BCUT2D eigenvalue weighted by Crippen LogP contribution is 2.46. The van der Waals surface area contributed by atoms with E-state index in [2.05, 4.69) is 16.3 Å². The van der Waals surface area contributed by atoms with E-state index in [4.69, 9.17) is 10.1 Å². The smallest absolute Gasteiger partial charge is 0.244 e. The summed E-state index contributed by atoms with van der Waals surface area (Å²) in [6.07, 6.45) is 0. The van der Waals surface area contributed by atoms with Gasteiger partial charge in [-0.15, -0.1) is 5.10 Å². The van der Waals surface area contributed by atoms with Gasteiger partial charge in [-0.05, 0) is 17.2 Å². The molecule has 122 valence electrons. The van der Waals surface area contributed by atoms with Gasteiger partial charge in [0.05, 0.1) is 17.3 Å². The summed E-state index contributed by atoms with van der Waals surface area (Å²) in [6.45, 7) is 0. The Morgan fingerprint density at radius 3 is 2.56 bits per heavy atom. The fourth-order valence-electron chi connectivity index (χ4n) is 3.21. The highest BCUT2D eigenvalue weighted by Gasteiger charge is 2.41. The molecular weight excluding hydrogens is 319 g/mol. The molecule has 0 saturated heterocycles. The van der Waals surface area contributed by atoms with E-state index in [1.807, 2.05) is 30.3 Å². The number of benzene rings is 2. The molecule has 2 N–H and O–H groups in total. The zero-order valence-electron chi connectivity index (χ0n) is 13.0. The monoisotopic (exact) mass is 332 g/mol. The van der Waals surface area contributed by atoms with Crippen LogP contribution in [0.2, 0.25) is 0 Å². The van der Waals surface area contributed by atoms with Crippen LogP contribution in [0, 0.1) is 28.5 Å². The number of hydrogen-bond donors (Lipinski definition) is 2. The molecule has 2 aromatic carbocycles. The predicted molar refractivity (Wildman–Crippen MR) is 89.7 cm³/mol. The van der Waals surface area contributed by atoms with E-state index in [1.165, 1.54) is 6.07 Å². The number of nitrogens with zero attached hydrogens (tertiary/aromatic N) is 2. The summed E-state index contributed by atoms with van der Waals surface area (Å²) in [4.78, 5) is 0. The van der Waals surface area contributed by atoms with Crippen molar-refractivity contribution in [2.75, 3.05) is 0 Å². The van der Waals surface area contributed by atoms with E-state index in [0.717, 1.165) is 5.56 Å². The number of fused-ring (bicyclic) bond motifs is 1. The first-order chi connectivity index (χ1) is 12.2. The molecule has 0 saturated carbocycles. The summed E-state index contributed by atoms with van der Waals surface area (Å²) in [5, 5.41) is 24.7. The first-order valence-electron chi connectivity index (χ1n) is 7.74. The van der Waals surface area contributed by atoms with Crippen LogP contribution in [0.5, 0.6) is 5.88 Å². The third-order valence-corrected chi connectivity index (χ3v) is 4.34. The highest BCUT2D eigenvalue weighted by molar-refractivity contribution is 5.86. The SMILES string of the molecule is N#CC1C(=N)Oc2n[nH]c(-c3ccccc3)c2C1c1ccccc1F. The second kappa shape index (κ2) is 5.87. The minimum absolute atomic E-state index is 0.212. The van der Waals surface area contributed by atoms with Crippen LogP contribution in [0.3, 0.4) is 0 Å². The van der Waals surface area contributed by atoms with Gasteiger partial charge >= 0.3 is 0 Å². The Balaban J connectivity index is 1.98. The van der Waals surface area contributed by atoms with Crippen LogP contribution in [0.15, 0.2) is 54.6 Å². The molecule has 1 aliphatic heterocycles. The molecule has 2 heterocycles. The molecule has 3 aromatic rings. The van der Waals surface area contributed by atoms with Crippen LogP contribution in [-0.4, -0.2) is 16.1 Å². The molecule has 4 rings (SSSR count). The van der Waals surface area contributed by atoms with Crippen molar-refractivity contribution in [3.63, 3.8) is 0 Å². The van der Waals surface area contributed by atoms with Crippen molar-refractivity contribution in [3.8, 4) is 23.2 Å². The lowest BCUT2D eigenvalue weighted by Crippen LogP contribution is -2.31. The number of hydrogen-bond acceptors (Lipinski definition) is 4. The summed E-state index contributed by atoms with van der Waals surface area (Å²) in [6, 6.07) is 17.8. The third-order valence-electron chi connectivity index (χ3n) is 4.34. The standard InChI is InChI=1S/C19H13FN4O/c20-14-9-5-4-8-12(14)15-13(10-21)18(22)25-19-16(15)17(23-24-19)11-6-2-1-3-7-11/h1-9,13,15,22H,(H,23,24). The lowest BCUT2D eigenvalue weighted by Gasteiger charge is -2.28. The zero-order valence-corrected chi connectivity index (χ0v) is 13.0. The van der Waals surface area contributed by atoms with E-state index in [9.17, 15) is 9.65 Å². The van der Waals surface area contributed by atoms with Crippen LogP contribution in [0.1, 0.15) is 17.0 Å². The van der Waals surface area contributed by atoms with Crippen LogP contribution >= 0.6 is 0 Å². The lowest BCUT2D eigenvalue weighted by atomic mass is 9.78. The number of ether oxygens (including phenoxy) is 1. The first-order valence-corrected chi connectivity index (χ1v) is 7.74. The van der Waals surface area contributed by atoms with Gasteiger partial charge in [0.2, 0.25) is 11.8 Å². The Morgan fingerprint density at radius 1 is 1.12 bits per heavy atom. The van der Waals surface area contributed by atoms with Gasteiger partial charge in [-0.3, -0.25) is 10.5 Å². The van der Waals surface area contributed by atoms with Gasteiger partial charge in [0.15, 0.2) is 0 Å². The van der Waals surface area contributed by atoms with Gasteiger partial charge in [0.1, 0.15) is 11.7 Å². The van der Waals surface area contributed by atoms with Crippen molar-refractivity contribution in [2.24, 2.45) is 5.92 Å². The summed E-state index contributed by atoms with van der Waals surface area (Å²) in [7, 11) is 0. The molecule has 5 nitrogen and oxygen atoms in total. The molecule has 2 atom stereocenters. The molecule has 25 heavy (non-hydrogen) atoms. The average molecular weight is 332 g/mol. The molecule has 1 aliphatic rings. The van der Waals surface area contributed by atoms with Crippen molar-refractivity contribution in [1.29, 1.82) is 10.7 Å². The molecule has 0 spiro atoms.